The molecule has 1 aliphatic carbocycles. The first-order valence-corrected chi connectivity index (χ1v) is 11.4. The molecule has 118 valence electrons. The van der Waals surface area contributed by atoms with E-state index in [1.165, 1.54) is 7.11 Å². The van der Waals surface area contributed by atoms with Crippen LogP contribution in [0, 0.1) is 0 Å². The van der Waals surface area contributed by atoms with Crippen LogP contribution in [0.5, 0.6) is 0 Å². The van der Waals surface area contributed by atoms with E-state index in [0.717, 1.165) is 22.3 Å². The van der Waals surface area contributed by atoms with Gasteiger partial charge < -0.3 is 4.74 Å². The third-order valence-electron chi connectivity index (χ3n) is 4.68. The summed E-state index contributed by atoms with van der Waals surface area (Å²) < 4.78 is 5.26. The average molecular weight is 322 g/mol. The zero-order chi connectivity index (χ0) is 16.7. The van der Waals surface area contributed by atoms with Gasteiger partial charge >= 0.3 is 5.97 Å². The molecular formula is C20H22O2Si. The Morgan fingerprint density at radius 3 is 1.52 bits per heavy atom. The normalized spacial score (nSPS) is 16.2. The molecule has 1 aliphatic rings. The van der Waals surface area contributed by atoms with Gasteiger partial charge in [0.2, 0.25) is 0 Å². The molecule has 0 heterocycles. The zero-order valence-corrected chi connectivity index (χ0v) is 15.1. The standard InChI is InChI=1S/C20H22O2Si/c1-22-19(21)20(23(2,3)4)17(15-11-7-5-8-12-15)18(20)16-13-9-6-10-14-16/h5-14H,1-4H3. The first-order chi connectivity index (χ1) is 10.9. The first kappa shape index (κ1) is 15.8. The quantitative estimate of drug-likeness (QED) is 0.593. The fraction of sp³-hybridized carbons (Fsp3) is 0.250. The number of benzene rings is 2. The molecule has 23 heavy (non-hydrogen) atoms. The Bertz CT molecular complexity index is 706. The zero-order valence-electron chi connectivity index (χ0n) is 14.1. The van der Waals surface area contributed by atoms with Gasteiger partial charge in [-0.2, -0.15) is 0 Å². The van der Waals surface area contributed by atoms with Crippen molar-refractivity contribution in [3.63, 3.8) is 0 Å². The maximum absolute atomic E-state index is 12.9. The predicted molar refractivity (Wildman–Crippen MR) is 97.8 cm³/mol. The van der Waals surface area contributed by atoms with Gasteiger partial charge in [0, 0.05) is 0 Å². The lowest BCUT2D eigenvalue weighted by molar-refractivity contribution is -0.140. The SMILES string of the molecule is COC(=O)C1([Si](C)(C)C)C(c2ccccc2)=C1c1ccccc1. The molecule has 0 bridgehead atoms. The van der Waals surface area contributed by atoms with E-state index in [2.05, 4.69) is 43.9 Å². The highest BCUT2D eigenvalue weighted by molar-refractivity contribution is 6.90. The van der Waals surface area contributed by atoms with E-state index in [9.17, 15) is 4.79 Å². The van der Waals surface area contributed by atoms with Crippen molar-refractivity contribution in [3.8, 4) is 0 Å². The number of carbonyl (C=O) groups excluding carboxylic acids is 1. The molecule has 0 saturated carbocycles. The predicted octanol–water partition coefficient (Wildman–Crippen LogP) is 4.86. The van der Waals surface area contributed by atoms with Crippen LogP contribution in [0.15, 0.2) is 60.7 Å². The molecule has 0 fully saturated rings. The number of hydrogen-bond donors (Lipinski definition) is 0. The summed E-state index contributed by atoms with van der Waals surface area (Å²) in [6.07, 6.45) is 0. The van der Waals surface area contributed by atoms with Gasteiger partial charge in [-0.05, 0) is 22.3 Å². The molecule has 0 aromatic heterocycles. The highest BCUT2D eigenvalue weighted by atomic mass is 28.3. The van der Waals surface area contributed by atoms with Crippen molar-refractivity contribution in [2.75, 3.05) is 7.11 Å². The maximum Gasteiger partial charge on any atom is 0.317 e. The molecule has 0 aliphatic heterocycles. The van der Waals surface area contributed by atoms with Gasteiger partial charge in [-0.15, -0.1) is 0 Å². The van der Waals surface area contributed by atoms with E-state index in [1.54, 1.807) is 0 Å². The van der Waals surface area contributed by atoms with Gasteiger partial charge in [-0.3, -0.25) is 4.79 Å². The summed E-state index contributed by atoms with van der Waals surface area (Å²) in [5, 5.41) is -0.551. The number of esters is 1. The Kier molecular flexibility index (Phi) is 3.76. The molecule has 0 N–H and O–H groups in total. The third-order valence-corrected chi connectivity index (χ3v) is 7.63. The van der Waals surface area contributed by atoms with Crippen molar-refractivity contribution < 1.29 is 9.53 Å². The van der Waals surface area contributed by atoms with Crippen LogP contribution in [0.25, 0.3) is 11.1 Å². The highest BCUT2D eigenvalue weighted by Gasteiger charge is 2.67. The topological polar surface area (TPSA) is 26.3 Å². The smallest absolute Gasteiger partial charge is 0.317 e. The molecule has 2 nitrogen and oxygen atoms in total. The van der Waals surface area contributed by atoms with Crippen LogP contribution in [0.4, 0.5) is 0 Å². The lowest BCUT2D eigenvalue weighted by Crippen LogP contribution is -2.39. The van der Waals surface area contributed by atoms with Crippen molar-refractivity contribution in [1.29, 1.82) is 0 Å². The van der Waals surface area contributed by atoms with Gasteiger partial charge in [0.05, 0.1) is 15.2 Å². The summed E-state index contributed by atoms with van der Waals surface area (Å²) in [6, 6.07) is 20.4. The summed E-state index contributed by atoms with van der Waals surface area (Å²) in [5.41, 5.74) is 4.55. The second-order valence-corrected chi connectivity index (χ2v) is 12.2. The van der Waals surface area contributed by atoms with Gasteiger partial charge in [0.1, 0.15) is 5.04 Å². The molecule has 0 saturated heterocycles. The fourth-order valence-electron chi connectivity index (χ4n) is 3.63. The number of carbonyl (C=O) groups is 1. The van der Waals surface area contributed by atoms with E-state index in [0.29, 0.717) is 0 Å². The monoisotopic (exact) mass is 322 g/mol. The van der Waals surface area contributed by atoms with Crippen LogP contribution in [0.1, 0.15) is 11.1 Å². The summed E-state index contributed by atoms with van der Waals surface area (Å²) in [5.74, 6) is -0.116. The van der Waals surface area contributed by atoms with E-state index >= 15 is 0 Å². The van der Waals surface area contributed by atoms with Crippen molar-refractivity contribution in [3.05, 3.63) is 71.8 Å². The van der Waals surface area contributed by atoms with Crippen molar-refractivity contribution in [2.24, 2.45) is 0 Å². The van der Waals surface area contributed by atoms with Crippen molar-refractivity contribution >= 4 is 25.2 Å². The molecule has 2 aromatic carbocycles. The van der Waals surface area contributed by atoms with E-state index in [-0.39, 0.29) is 5.97 Å². The molecule has 3 heteroatoms. The molecular weight excluding hydrogens is 300 g/mol. The van der Waals surface area contributed by atoms with Crippen LogP contribution in [-0.2, 0) is 9.53 Å². The molecule has 0 unspecified atom stereocenters. The lowest BCUT2D eigenvalue weighted by atomic mass is 10.1. The second kappa shape index (κ2) is 5.50. The Morgan fingerprint density at radius 1 is 0.826 bits per heavy atom. The summed E-state index contributed by atoms with van der Waals surface area (Å²) in [6.45, 7) is 6.72. The van der Waals surface area contributed by atoms with E-state index in [4.69, 9.17) is 4.74 Å². The van der Waals surface area contributed by atoms with Crippen LogP contribution < -0.4 is 0 Å². The number of rotatable bonds is 4. The van der Waals surface area contributed by atoms with Gasteiger partial charge in [0.15, 0.2) is 0 Å². The van der Waals surface area contributed by atoms with Gasteiger partial charge in [-0.1, -0.05) is 80.3 Å². The summed E-state index contributed by atoms with van der Waals surface area (Å²) in [7, 11) is -0.404. The summed E-state index contributed by atoms with van der Waals surface area (Å²) in [4.78, 5) is 12.9. The van der Waals surface area contributed by atoms with E-state index < -0.39 is 13.1 Å². The van der Waals surface area contributed by atoms with Gasteiger partial charge in [0.25, 0.3) is 0 Å². The fourth-order valence-corrected chi connectivity index (χ4v) is 6.32. The Morgan fingerprint density at radius 2 is 1.22 bits per heavy atom. The van der Waals surface area contributed by atoms with E-state index in [1.807, 2.05) is 36.4 Å². The van der Waals surface area contributed by atoms with Gasteiger partial charge in [-0.25, -0.2) is 0 Å². The van der Waals surface area contributed by atoms with Crippen LogP contribution in [0.2, 0.25) is 24.7 Å². The minimum atomic E-state index is -1.90. The number of methoxy groups -OCH3 is 1. The molecule has 0 radical (unpaired) electrons. The minimum absolute atomic E-state index is 0.116. The minimum Gasteiger partial charge on any atom is -0.468 e. The largest absolute Gasteiger partial charge is 0.468 e. The first-order valence-electron chi connectivity index (χ1n) is 7.89. The number of ether oxygens (including phenoxy) is 1. The highest BCUT2D eigenvalue weighted by Crippen LogP contribution is 2.74. The Labute approximate surface area is 138 Å². The molecule has 0 amide bonds. The molecule has 3 rings (SSSR count). The second-order valence-electron chi connectivity index (χ2n) is 6.97. The van der Waals surface area contributed by atoms with Crippen LogP contribution in [0.3, 0.4) is 0 Å². The maximum atomic E-state index is 12.9. The Balaban J connectivity index is 2.24. The molecule has 2 aromatic rings. The number of hydrogen-bond acceptors (Lipinski definition) is 2. The Hall–Kier alpha value is -2.13. The molecule has 0 atom stereocenters. The van der Waals surface area contributed by atoms with Crippen molar-refractivity contribution in [1.82, 2.24) is 0 Å². The lowest BCUT2D eigenvalue weighted by Gasteiger charge is -2.30. The average Bonchev–Trinajstić information content (AvgIpc) is 3.27. The third kappa shape index (κ3) is 2.27. The summed E-state index contributed by atoms with van der Waals surface area (Å²) >= 11 is 0. The van der Waals surface area contributed by atoms with Crippen LogP contribution in [-0.4, -0.2) is 21.2 Å². The molecule has 0 spiro atoms. The van der Waals surface area contributed by atoms with Crippen molar-refractivity contribution in [2.45, 2.75) is 24.7 Å². The van der Waals surface area contributed by atoms with Crippen LogP contribution >= 0.6 is 0 Å².